The Kier molecular flexibility index (Phi) is 4.84. The summed E-state index contributed by atoms with van der Waals surface area (Å²) in [7, 11) is 1.81. The van der Waals surface area contributed by atoms with Gasteiger partial charge in [0.2, 0.25) is 0 Å². The second-order valence-corrected chi connectivity index (χ2v) is 6.95. The molecule has 0 fully saturated rings. The number of hydrogen-bond acceptors (Lipinski definition) is 6. The number of aryl methyl sites for hydroxylation is 3. The molecule has 8 nitrogen and oxygen atoms in total. The van der Waals surface area contributed by atoms with E-state index in [9.17, 15) is 9.59 Å². The molecule has 0 bridgehead atoms. The standard InChI is InChI=1S/C21H21N3O5/c1-12-8-17(18-11-27-15-6-4-5-7-16(15)28-18)29-21(26)19(12)20(25)22-9-14-10-24(3)23-13(14)2/h4-8,10,18H,9,11H2,1-3H3,(H,22,25). The number of rotatable bonds is 4. The van der Waals surface area contributed by atoms with Gasteiger partial charge in [-0.15, -0.1) is 0 Å². The summed E-state index contributed by atoms with van der Waals surface area (Å²) in [5.41, 5.74) is 1.49. The largest absolute Gasteiger partial charge is 0.485 e. The van der Waals surface area contributed by atoms with E-state index in [4.69, 9.17) is 13.9 Å². The summed E-state index contributed by atoms with van der Waals surface area (Å²) in [6, 6.07) is 8.93. The van der Waals surface area contributed by atoms with E-state index in [1.54, 1.807) is 23.7 Å². The summed E-state index contributed by atoms with van der Waals surface area (Å²) in [5.74, 6) is 1.06. The number of benzene rings is 1. The van der Waals surface area contributed by atoms with Crippen LogP contribution in [-0.4, -0.2) is 22.3 Å². The number of nitrogens with one attached hydrogen (secondary N) is 1. The lowest BCUT2D eigenvalue weighted by molar-refractivity contribution is 0.0721. The van der Waals surface area contributed by atoms with Crippen LogP contribution in [-0.2, 0) is 13.6 Å². The molecular weight excluding hydrogens is 374 g/mol. The Hall–Kier alpha value is -3.55. The van der Waals surface area contributed by atoms with Gasteiger partial charge in [-0.25, -0.2) is 4.79 Å². The Morgan fingerprint density at radius 2 is 2.03 bits per heavy atom. The fourth-order valence-electron chi connectivity index (χ4n) is 3.31. The highest BCUT2D eigenvalue weighted by Crippen LogP contribution is 2.35. The van der Waals surface area contributed by atoms with E-state index in [1.165, 1.54) is 0 Å². The fourth-order valence-corrected chi connectivity index (χ4v) is 3.31. The SMILES string of the molecule is Cc1cc(C2COc3ccccc3O2)oc(=O)c1C(=O)NCc1cn(C)nc1C. The number of hydrogen-bond donors (Lipinski definition) is 1. The summed E-state index contributed by atoms with van der Waals surface area (Å²) in [4.78, 5) is 25.1. The third-order valence-corrected chi connectivity index (χ3v) is 4.78. The molecule has 4 rings (SSSR count). The predicted octanol–water partition coefficient (Wildman–Crippen LogP) is 2.43. The van der Waals surface area contributed by atoms with Gasteiger partial charge in [-0.2, -0.15) is 5.10 Å². The molecule has 0 aliphatic carbocycles. The molecule has 1 aliphatic rings. The predicted molar refractivity (Wildman–Crippen MR) is 104 cm³/mol. The lowest BCUT2D eigenvalue weighted by Crippen LogP contribution is -2.30. The number of para-hydroxylation sites is 2. The maximum atomic E-state index is 12.6. The first-order valence-corrected chi connectivity index (χ1v) is 9.23. The highest BCUT2D eigenvalue weighted by Gasteiger charge is 2.27. The van der Waals surface area contributed by atoms with Gasteiger partial charge in [0.1, 0.15) is 12.2 Å². The number of amides is 1. The zero-order valence-corrected chi connectivity index (χ0v) is 16.4. The minimum Gasteiger partial charge on any atom is -0.485 e. The summed E-state index contributed by atoms with van der Waals surface area (Å²) in [6.07, 6.45) is 1.26. The molecular formula is C21H21N3O5. The average Bonchev–Trinajstić information content (AvgIpc) is 3.02. The molecule has 150 valence electrons. The van der Waals surface area contributed by atoms with Gasteiger partial charge in [0, 0.05) is 25.4 Å². The van der Waals surface area contributed by atoms with Crippen molar-refractivity contribution in [1.29, 1.82) is 0 Å². The summed E-state index contributed by atoms with van der Waals surface area (Å²) in [6.45, 7) is 4.04. The van der Waals surface area contributed by atoms with Gasteiger partial charge in [-0.05, 0) is 37.6 Å². The Bertz CT molecular complexity index is 1130. The Morgan fingerprint density at radius 3 is 2.72 bits per heavy atom. The van der Waals surface area contributed by atoms with Crippen LogP contribution in [0.4, 0.5) is 0 Å². The van der Waals surface area contributed by atoms with Crippen molar-refractivity contribution in [3.8, 4) is 11.5 Å². The molecule has 0 saturated carbocycles. The van der Waals surface area contributed by atoms with Crippen LogP contribution in [0, 0.1) is 13.8 Å². The Labute approximate surface area is 167 Å². The molecule has 2 aromatic heterocycles. The molecule has 8 heteroatoms. The van der Waals surface area contributed by atoms with Crippen LogP contribution in [0.3, 0.4) is 0 Å². The van der Waals surface area contributed by atoms with Crippen molar-refractivity contribution < 1.29 is 18.7 Å². The smallest absolute Gasteiger partial charge is 0.349 e. The van der Waals surface area contributed by atoms with Gasteiger partial charge in [-0.3, -0.25) is 9.48 Å². The van der Waals surface area contributed by atoms with E-state index >= 15 is 0 Å². The van der Waals surface area contributed by atoms with E-state index in [2.05, 4.69) is 10.4 Å². The molecule has 1 amide bonds. The number of ether oxygens (including phenoxy) is 2. The molecule has 3 heterocycles. The van der Waals surface area contributed by atoms with Crippen molar-refractivity contribution in [2.24, 2.45) is 7.05 Å². The Balaban J connectivity index is 1.52. The highest BCUT2D eigenvalue weighted by atomic mass is 16.6. The fraction of sp³-hybridized carbons (Fsp3) is 0.286. The molecule has 0 radical (unpaired) electrons. The van der Waals surface area contributed by atoms with Crippen LogP contribution in [0.5, 0.6) is 11.5 Å². The van der Waals surface area contributed by atoms with E-state index < -0.39 is 17.6 Å². The minimum absolute atomic E-state index is 0.0209. The van der Waals surface area contributed by atoms with Crippen LogP contribution >= 0.6 is 0 Å². The van der Waals surface area contributed by atoms with E-state index in [1.807, 2.05) is 38.4 Å². The maximum absolute atomic E-state index is 12.6. The summed E-state index contributed by atoms with van der Waals surface area (Å²) < 4.78 is 18.6. The molecule has 1 N–H and O–H groups in total. The van der Waals surface area contributed by atoms with Crippen molar-refractivity contribution in [1.82, 2.24) is 15.1 Å². The number of carbonyl (C=O) groups is 1. The third-order valence-electron chi connectivity index (χ3n) is 4.78. The number of fused-ring (bicyclic) bond motifs is 1. The normalized spacial score (nSPS) is 15.2. The van der Waals surface area contributed by atoms with Crippen LogP contribution in [0.1, 0.15) is 39.0 Å². The Morgan fingerprint density at radius 1 is 1.28 bits per heavy atom. The first-order valence-electron chi connectivity index (χ1n) is 9.23. The summed E-state index contributed by atoms with van der Waals surface area (Å²) >= 11 is 0. The first-order chi connectivity index (χ1) is 13.9. The summed E-state index contributed by atoms with van der Waals surface area (Å²) in [5, 5.41) is 6.99. The zero-order chi connectivity index (χ0) is 20.5. The van der Waals surface area contributed by atoms with E-state index in [0.29, 0.717) is 22.8 Å². The molecule has 1 aliphatic heterocycles. The van der Waals surface area contributed by atoms with Crippen molar-refractivity contribution in [2.75, 3.05) is 6.61 Å². The van der Waals surface area contributed by atoms with Crippen LogP contribution < -0.4 is 20.4 Å². The molecule has 1 atom stereocenters. The topological polar surface area (TPSA) is 95.6 Å². The zero-order valence-electron chi connectivity index (χ0n) is 16.4. The first kappa shape index (κ1) is 18.8. The van der Waals surface area contributed by atoms with Gasteiger partial charge < -0.3 is 19.2 Å². The number of nitrogens with zero attached hydrogens (tertiary/aromatic N) is 2. The van der Waals surface area contributed by atoms with Crippen molar-refractivity contribution >= 4 is 5.91 Å². The molecule has 1 unspecified atom stereocenters. The van der Waals surface area contributed by atoms with Crippen molar-refractivity contribution in [3.05, 3.63) is 75.1 Å². The van der Waals surface area contributed by atoms with Crippen LogP contribution in [0.15, 0.2) is 45.7 Å². The third kappa shape index (κ3) is 3.73. The lowest BCUT2D eigenvalue weighted by Gasteiger charge is -2.25. The van der Waals surface area contributed by atoms with Crippen LogP contribution in [0.2, 0.25) is 0 Å². The van der Waals surface area contributed by atoms with Gasteiger partial charge in [-0.1, -0.05) is 12.1 Å². The van der Waals surface area contributed by atoms with Crippen molar-refractivity contribution in [2.45, 2.75) is 26.5 Å². The average molecular weight is 395 g/mol. The molecule has 1 aromatic carbocycles. The van der Waals surface area contributed by atoms with Gasteiger partial charge in [0.25, 0.3) is 5.91 Å². The highest BCUT2D eigenvalue weighted by molar-refractivity contribution is 5.95. The quantitative estimate of drug-likeness (QED) is 0.729. The lowest BCUT2D eigenvalue weighted by atomic mass is 10.1. The second-order valence-electron chi connectivity index (χ2n) is 6.95. The molecule has 0 spiro atoms. The molecule has 29 heavy (non-hydrogen) atoms. The minimum atomic E-state index is -0.706. The van der Waals surface area contributed by atoms with E-state index in [-0.39, 0.29) is 18.7 Å². The van der Waals surface area contributed by atoms with Crippen molar-refractivity contribution in [3.63, 3.8) is 0 Å². The maximum Gasteiger partial charge on any atom is 0.349 e. The second kappa shape index (κ2) is 7.46. The molecule has 0 saturated heterocycles. The van der Waals surface area contributed by atoms with Gasteiger partial charge in [0.15, 0.2) is 23.4 Å². The number of aromatic nitrogens is 2. The molecule has 3 aromatic rings. The van der Waals surface area contributed by atoms with Crippen LogP contribution in [0.25, 0.3) is 0 Å². The van der Waals surface area contributed by atoms with Gasteiger partial charge in [0.05, 0.1) is 5.69 Å². The monoisotopic (exact) mass is 395 g/mol. The van der Waals surface area contributed by atoms with Gasteiger partial charge >= 0.3 is 5.63 Å². The number of carbonyl (C=O) groups excluding carboxylic acids is 1. The van der Waals surface area contributed by atoms with E-state index in [0.717, 1.165) is 11.3 Å².